The summed E-state index contributed by atoms with van der Waals surface area (Å²) in [7, 11) is 0. The molecule has 0 bridgehead atoms. The molecular formula is C9H10FN3O2. The van der Waals surface area contributed by atoms with Crippen molar-refractivity contribution in [1.82, 2.24) is 10.1 Å². The molecular weight excluding hydrogens is 201 g/mol. The lowest BCUT2D eigenvalue weighted by atomic mass is 10.2. The molecule has 5 nitrogen and oxygen atoms in total. The summed E-state index contributed by atoms with van der Waals surface area (Å²) in [6.07, 6.45) is 3.38. The van der Waals surface area contributed by atoms with E-state index >= 15 is 0 Å². The molecule has 0 fully saturated rings. The number of urea groups is 1. The molecule has 0 saturated heterocycles. The number of amides is 2. The van der Waals surface area contributed by atoms with Crippen LogP contribution in [-0.2, 0) is 0 Å². The SMILES string of the molecule is O=C(Nc1ccon1)N1CCC=C(F)C1. The number of rotatable bonds is 1. The minimum atomic E-state index is -0.368. The van der Waals surface area contributed by atoms with E-state index in [4.69, 9.17) is 0 Å². The quantitative estimate of drug-likeness (QED) is 0.770. The summed E-state index contributed by atoms with van der Waals surface area (Å²) in [5.74, 6) is 0.0477. The number of anilines is 1. The average Bonchev–Trinajstić information content (AvgIpc) is 2.70. The standard InChI is InChI=1S/C9H10FN3O2/c10-7-2-1-4-13(6-7)9(14)11-8-3-5-15-12-8/h2-3,5H,1,4,6H2,(H,11,12,14). The Balaban J connectivity index is 1.94. The molecule has 0 spiro atoms. The first kappa shape index (κ1) is 9.70. The van der Waals surface area contributed by atoms with Crippen LogP contribution in [0.5, 0.6) is 0 Å². The van der Waals surface area contributed by atoms with Crippen molar-refractivity contribution in [3.63, 3.8) is 0 Å². The van der Waals surface area contributed by atoms with Gasteiger partial charge in [0.15, 0.2) is 5.82 Å². The first-order valence-corrected chi connectivity index (χ1v) is 4.56. The number of aromatic nitrogens is 1. The molecule has 1 aromatic rings. The van der Waals surface area contributed by atoms with Gasteiger partial charge in [0.1, 0.15) is 12.1 Å². The fraction of sp³-hybridized carbons (Fsp3) is 0.333. The smallest absolute Gasteiger partial charge is 0.323 e. The molecule has 1 N–H and O–H groups in total. The molecule has 1 aliphatic heterocycles. The van der Waals surface area contributed by atoms with Crippen LogP contribution in [0.15, 0.2) is 28.8 Å². The third kappa shape index (κ3) is 2.34. The summed E-state index contributed by atoms with van der Waals surface area (Å²) in [4.78, 5) is 12.9. The summed E-state index contributed by atoms with van der Waals surface area (Å²) >= 11 is 0. The van der Waals surface area contributed by atoms with E-state index in [1.54, 1.807) is 0 Å². The van der Waals surface area contributed by atoms with E-state index in [1.165, 1.54) is 23.3 Å². The first-order valence-electron chi connectivity index (χ1n) is 4.56. The van der Waals surface area contributed by atoms with Crippen LogP contribution in [-0.4, -0.2) is 29.2 Å². The largest absolute Gasteiger partial charge is 0.363 e. The maximum absolute atomic E-state index is 12.9. The predicted octanol–water partition coefficient (Wildman–Crippen LogP) is 1.77. The van der Waals surface area contributed by atoms with Gasteiger partial charge < -0.3 is 9.42 Å². The number of nitrogens with one attached hydrogen (secondary N) is 1. The number of carbonyl (C=O) groups is 1. The van der Waals surface area contributed by atoms with E-state index in [-0.39, 0.29) is 18.4 Å². The molecule has 2 amide bonds. The average molecular weight is 211 g/mol. The number of nitrogens with zero attached hydrogens (tertiary/aromatic N) is 2. The molecule has 2 rings (SSSR count). The molecule has 0 unspecified atom stereocenters. The van der Waals surface area contributed by atoms with Crippen molar-refractivity contribution in [2.75, 3.05) is 18.4 Å². The molecule has 6 heteroatoms. The van der Waals surface area contributed by atoms with Gasteiger partial charge in [0, 0.05) is 12.6 Å². The third-order valence-electron chi connectivity index (χ3n) is 2.07. The summed E-state index contributed by atoms with van der Waals surface area (Å²) in [6.45, 7) is 0.529. The van der Waals surface area contributed by atoms with E-state index in [0.29, 0.717) is 18.8 Å². The Morgan fingerprint density at radius 2 is 2.53 bits per heavy atom. The van der Waals surface area contributed by atoms with Crippen LogP contribution in [0.25, 0.3) is 0 Å². The molecule has 15 heavy (non-hydrogen) atoms. The van der Waals surface area contributed by atoms with Crippen LogP contribution in [0.4, 0.5) is 15.0 Å². The van der Waals surface area contributed by atoms with Crippen molar-refractivity contribution in [1.29, 1.82) is 0 Å². The lowest BCUT2D eigenvalue weighted by molar-refractivity contribution is 0.210. The summed E-state index contributed by atoms with van der Waals surface area (Å²) in [5.41, 5.74) is 0. The molecule has 0 saturated carbocycles. The van der Waals surface area contributed by atoms with Gasteiger partial charge in [-0.1, -0.05) is 5.16 Å². The van der Waals surface area contributed by atoms with Crippen LogP contribution in [0.3, 0.4) is 0 Å². The number of hydrogen-bond donors (Lipinski definition) is 1. The highest BCUT2D eigenvalue weighted by molar-refractivity contribution is 5.88. The van der Waals surface area contributed by atoms with Crippen molar-refractivity contribution >= 4 is 11.8 Å². The van der Waals surface area contributed by atoms with Crippen LogP contribution >= 0.6 is 0 Å². The van der Waals surface area contributed by atoms with Crippen LogP contribution < -0.4 is 5.32 Å². The van der Waals surface area contributed by atoms with Gasteiger partial charge in [0.25, 0.3) is 0 Å². The number of hydrogen-bond acceptors (Lipinski definition) is 3. The van der Waals surface area contributed by atoms with E-state index in [0.717, 1.165) is 0 Å². The second-order valence-electron chi connectivity index (χ2n) is 3.18. The fourth-order valence-corrected chi connectivity index (χ4v) is 1.34. The van der Waals surface area contributed by atoms with Gasteiger partial charge in [-0.05, 0) is 12.5 Å². The maximum atomic E-state index is 12.9. The van der Waals surface area contributed by atoms with Gasteiger partial charge in [-0.3, -0.25) is 5.32 Å². The zero-order valence-corrected chi connectivity index (χ0v) is 7.94. The molecule has 1 aromatic heterocycles. The van der Waals surface area contributed by atoms with Crippen molar-refractivity contribution < 1.29 is 13.7 Å². The molecule has 0 radical (unpaired) electrons. The normalized spacial score (nSPS) is 16.1. The van der Waals surface area contributed by atoms with Gasteiger partial charge in [-0.15, -0.1) is 0 Å². The molecule has 80 valence electrons. The van der Waals surface area contributed by atoms with Gasteiger partial charge >= 0.3 is 6.03 Å². The predicted molar refractivity (Wildman–Crippen MR) is 50.9 cm³/mol. The Morgan fingerprint density at radius 1 is 1.67 bits per heavy atom. The monoisotopic (exact) mass is 211 g/mol. The maximum Gasteiger partial charge on any atom is 0.323 e. The van der Waals surface area contributed by atoms with E-state index < -0.39 is 0 Å². The fourth-order valence-electron chi connectivity index (χ4n) is 1.34. The minimum absolute atomic E-state index is 0.0175. The zero-order chi connectivity index (χ0) is 10.7. The lowest BCUT2D eigenvalue weighted by Crippen LogP contribution is -2.38. The molecule has 1 aliphatic rings. The van der Waals surface area contributed by atoms with Gasteiger partial charge in [-0.2, -0.15) is 0 Å². The van der Waals surface area contributed by atoms with Crippen LogP contribution in [0.1, 0.15) is 6.42 Å². The summed E-state index contributed by atoms with van der Waals surface area (Å²) in [6, 6.07) is 1.15. The van der Waals surface area contributed by atoms with E-state index in [2.05, 4.69) is 15.0 Å². The second kappa shape index (κ2) is 4.12. The summed E-state index contributed by atoms with van der Waals surface area (Å²) < 4.78 is 17.4. The third-order valence-corrected chi connectivity index (χ3v) is 2.07. The minimum Gasteiger partial charge on any atom is -0.363 e. The Morgan fingerprint density at radius 3 is 3.20 bits per heavy atom. The van der Waals surface area contributed by atoms with Crippen molar-refractivity contribution in [3.05, 3.63) is 24.2 Å². The Hall–Kier alpha value is -1.85. The second-order valence-corrected chi connectivity index (χ2v) is 3.18. The molecule has 2 heterocycles. The number of halogens is 1. The first-order chi connectivity index (χ1) is 7.25. The van der Waals surface area contributed by atoms with Crippen molar-refractivity contribution in [3.8, 4) is 0 Å². The molecule has 0 aliphatic carbocycles. The van der Waals surface area contributed by atoms with E-state index in [1.807, 2.05) is 0 Å². The Bertz CT molecular complexity index is 375. The van der Waals surface area contributed by atoms with Crippen molar-refractivity contribution in [2.45, 2.75) is 6.42 Å². The van der Waals surface area contributed by atoms with Crippen LogP contribution in [0, 0.1) is 0 Å². The van der Waals surface area contributed by atoms with Gasteiger partial charge in [0.05, 0.1) is 6.54 Å². The topological polar surface area (TPSA) is 58.4 Å². The zero-order valence-electron chi connectivity index (χ0n) is 7.94. The highest BCUT2D eigenvalue weighted by Crippen LogP contribution is 2.12. The Kier molecular flexibility index (Phi) is 2.66. The Labute approximate surface area is 85.5 Å². The van der Waals surface area contributed by atoms with Gasteiger partial charge in [0.2, 0.25) is 0 Å². The highest BCUT2D eigenvalue weighted by atomic mass is 19.1. The lowest BCUT2D eigenvalue weighted by Gasteiger charge is -2.23. The van der Waals surface area contributed by atoms with Crippen LogP contribution in [0.2, 0.25) is 0 Å². The highest BCUT2D eigenvalue weighted by Gasteiger charge is 2.18. The molecule has 0 atom stereocenters. The summed E-state index contributed by atoms with van der Waals surface area (Å²) in [5, 5.41) is 6.03. The van der Waals surface area contributed by atoms with Crippen molar-refractivity contribution in [2.24, 2.45) is 0 Å². The molecule has 0 aromatic carbocycles. The van der Waals surface area contributed by atoms with Gasteiger partial charge in [-0.25, -0.2) is 9.18 Å². The van der Waals surface area contributed by atoms with E-state index in [9.17, 15) is 9.18 Å². The number of carbonyl (C=O) groups excluding carboxylic acids is 1.